The zero-order valence-electron chi connectivity index (χ0n) is 12.1. The molecule has 1 aromatic heterocycles. The van der Waals surface area contributed by atoms with Gasteiger partial charge >= 0.3 is 0 Å². The van der Waals surface area contributed by atoms with Gasteiger partial charge in [-0.05, 0) is 34.8 Å². The second-order valence-corrected chi connectivity index (χ2v) is 8.55. The van der Waals surface area contributed by atoms with Gasteiger partial charge in [0.1, 0.15) is 0 Å². The van der Waals surface area contributed by atoms with Crippen LogP contribution in [0.4, 0.5) is 0 Å². The van der Waals surface area contributed by atoms with Gasteiger partial charge in [-0.1, -0.05) is 13.8 Å². The Bertz CT molecular complexity index is 490. The van der Waals surface area contributed by atoms with E-state index in [1.165, 1.54) is 11.3 Å². The topological polar surface area (TPSA) is 47.3 Å². The molecule has 2 aliphatic rings. The molecule has 5 heteroatoms. The van der Waals surface area contributed by atoms with Crippen LogP contribution in [-0.4, -0.2) is 24.8 Å². The van der Waals surface area contributed by atoms with Gasteiger partial charge in [-0.3, -0.25) is 0 Å². The summed E-state index contributed by atoms with van der Waals surface area (Å²) >= 11 is 5.27. The Morgan fingerprint density at radius 2 is 2.35 bits per heavy atom. The fraction of sp³-hybridized carbons (Fsp3) is 0.733. The molecule has 2 heterocycles. The van der Waals surface area contributed by atoms with Crippen LogP contribution in [0.1, 0.15) is 31.6 Å². The lowest BCUT2D eigenvalue weighted by Crippen LogP contribution is -2.80. The summed E-state index contributed by atoms with van der Waals surface area (Å²) in [5.41, 5.74) is 6.67. The quantitative estimate of drug-likeness (QED) is 0.868. The first-order valence-corrected chi connectivity index (χ1v) is 8.96. The molecule has 0 radical (unpaired) electrons. The maximum Gasteiger partial charge on any atom is 0.0690 e. The van der Waals surface area contributed by atoms with E-state index < -0.39 is 0 Å². The van der Waals surface area contributed by atoms with Crippen molar-refractivity contribution in [1.29, 1.82) is 0 Å². The first-order chi connectivity index (χ1) is 9.45. The van der Waals surface area contributed by atoms with Crippen molar-refractivity contribution in [2.24, 2.45) is 17.1 Å². The van der Waals surface area contributed by atoms with E-state index in [1.807, 2.05) is 0 Å². The molecule has 0 aromatic carbocycles. The van der Waals surface area contributed by atoms with E-state index in [0.29, 0.717) is 12.0 Å². The van der Waals surface area contributed by atoms with Gasteiger partial charge in [-0.2, -0.15) is 0 Å². The second kappa shape index (κ2) is 5.36. The molecule has 3 atom stereocenters. The van der Waals surface area contributed by atoms with Crippen molar-refractivity contribution in [2.45, 2.75) is 44.9 Å². The van der Waals surface area contributed by atoms with Gasteiger partial charge in [-0.25, -0.2) is 0 Å². The maximum atomic E-state index is 6.76. The van der Waals surface area contributed by atoms with E-state index in [1.54, 1.807) is 11.3 Å². The third-order valence-electron chi connectivity index (χ3n) is 5.23. The summed E-state index contributed by atoms with van der Waals surface area (Å²) in [6.07, 6.45) is 2.70. The molecular weight excluding hydrogens is 336 g/mol. The summed E-state index contributed by atoms with van der Waals surface area (Å²) in [5, 5.41) is 5.67. The third kappa shape index (κ3) is 2.28. The number of fused-ring (bicyclic) bond motifs is 1. The minimum absolute atomic E-state index is 0.0567. The van der Waals surface area contributed by atoms with E-state index >= 15 is 0 Å². The molecule has 2 fully saturated rings. The zero-order chi connectivity index (χ0) is 14.4. The molecule has 1 aliphatic heterocycles. The first-order valence-electron chi connectivity index (χ1n) is 7.29. The molecule has 0 bridgehead atoms. The number of thiophene rings is 1. The zero-order valence-corrected chi connectivity index (χ0v) is 14.5. The summed E-state index contributed by atoms with van der Waals surface area (Å²) < 4.78 is 7.10. The van der Waals surface area contributed by atoms with Crippen molar-refractivity contribution >= 4 is 27.3 Å². The Labute approximate surface area is 133 Å². The minimum Gasteiger partial charge on any atom is -0.377 e. The summed E-state index contributed by atoms with van der Waals surface area (Å²) in [5.74, 6) is 0.508. The summed E-state index contributed by atoms with van der Waals surface area (Å²) in [7, 11) is 0. The predicted octanol–water partition coefficient (Wildman–Crippen LogP) is 3.13. The third-order valence-corrected chi connectivity index (χ3v) is 6.93. The molecule has 3 nitrogen and oxygen atoms in total. The molecule has 0 spiro atoms. The Kier molecular flexibility index (Phi) is 4.01. The van der Waals surface area contributed by atoms with Crippen LogP contribution in [0.3, 0.4) is 0 Å². The fourth-order valence-corrected chi connectivity index (χ4v) is 5.29. The van der Waals surface area contributed by atoms with Crippen LogP contribution in [0.15, 0.2) is 15.9 Å². The van der Waals surface area contributed by atoms with Crippen LogP contribution in [0, 0.1) is 11.3 Å². The molecule has 1 aromatic rings. The summed E-state index contributed by atoms with van der Waals surface area (Å²) in [4.78, 5) is 1.34. The second-order valence-electron chi connectivity index (χ2n) is 6.64. The highest BCUT2D eigenvalue weighted by Crippen LogP contribution is 2.56. The van der Waals surface area contributed by atoms with Gasteiger partial charge in [0.2, 0.25) is 0 Å². The molecule has 1 aliphatic carbocycles. The standard InChI is InChI=1S/C15H23BrN2OS/c1-14(2)13-12(4-3-5-19-13)15(14,17)9-18-7-11-6-10(16)8-20-11/h6,8,12-13,18H,3-5,7,9,17H2,1-2H3. The lowest BCUT2D eigenvalue weighted by Gasteiger charge is -2.66. The van der Waals surface area contributed by atoms with Crippen molar-refractivity contribution in [1.82, 2.24) is 5.32 Å². The Morgan fingerprint density at radius 1 is 1.55 bits per heavy atom. The highest BCUT2D eigenvalue weighted by Gasteiger charge is 2.65. The number of nitrogens with one attached hydrogen (secondary N) is 1. The molecule has 1 saturated heterocycles. The number of hydrogen-bond donors (Lipinski definition) is 2. The summed E-state index contributed by atoms with van der Waals surface area (Å²) in [6, 6.07) is 2.17. The van der Waals surface area contributed by atoms with E-state index in [9.17, 15) is 0 Å². The van der Waals surface area contributed by atoms with E-state index in [0.717, 1.165) is 30.6 Å². The number of ether oxygens (including phenoxy) is 1. The van der Waals surface area contributed by atoms with Crippen LogP contribution in [0.25, 0.3) is 0 Å². The lowest BCUT2D eigenvalue weighted by molar-refractivity contribution is -0.225. The van der Waals surface area contributed by atoms with Crippen LogP contribution in [0.5, 0.6) is 0 Å². The van der Waals surface area contributed by atoms with Gasteiger partial charge in [0, 0.05) is 51.3 Å². The molecule has 1 saturated carbocycles. The van der Waals surface area contributed by atoms with Gasteiger partial charge in [0.25, 0.3) is 0 Å². The van der Waals surface area contributed by atoms with Crippen molar-refractivity contribution < 1.29 is 4.74 Å². The normalized spacial score (nSPS) is 35.4. The van der Waals surface area contributed by atoms with Gasteiger partial charge in [-0.15, -0.1) is 11.3 Å². The molecule has 3 unspecified atom stereocenters. The number of rotatable bonds is 4. The lowest BCUT2D eigenvalue weighted by atomic mass is 9.46. The van der Waals surface area contributed by atoms with Gasteiger partial charge in [0.05, 0.1) is 6.10 Å². The van der Waals surface area contributed by atoms with E-state index in [-0.39, 0.29) is 11.0 Å². The van der Waals surface area contributed by atoms with Crippen LogP contribution in [0.2, 0.25) is 0 Å². The van der Waals surface area contributed by atoms with Gasteiger partial charge < -0.3 is 15.8 Å². The minimum atomic E-state index is -0.146. The highest BCUT2D eigenvalue weighted by atomic mass is 79.9. The Hall–Kier alpha value is 0.0600. The van der Waals surface area contributed by atoms with Crippen LogP contribution >= 0.6 is 27.3 Å². The molecule has 112 valence electrons. The van der Waals surface area contributed by atoms with E-state index in [2.05, 4.69) is 46.5 Å². The van der Waals surface area contributed by atoms with E-state index in [4.69, 9.17) is 10.5 Å². The predicted molar refractivity (Wildman–Crippen MR) is 86.9 cm³/mol. The molecule has 3 rings (SSSR count). The van der Waals surface area contributed by atoms with Crippen molar-refractivity contribution in [3.8, 4) is 0 Å². The van der Waals surface area contributed by atoms with Crippen molar-refractivity contribution in [3.05, 3.63) is 20.8 Å². The molecular formula is C15H23BrN2OS. The maximum absolute atomic E-state index is 6.76. The van der Waals surface area contributed by atoms with Crippen LogP contribution in [-0.2, 0) is 11.3 Å². The van der Waals surface area contributed by atoms with Gasteiger partial charge in [0.15, 0.2) is 0 Å². The Balaban J connectivity index is 1.60. The molecule has 20 heavy (non-hydrogen) atoms. The van der Waals surface area contributed by atoms with Crippen molar-refractivity contribution in [2.75, 3.05) is 13.2 Å². The van der Waals surface area contributed by atoms with Crippen molar-refractivity contribution in [3.63, 3.8) is 0 Å². The highest BCUT2D eigenvalue weighted by molar-refractivity contribution is 9.10. The smallest absolute Gasteiger partial charge is 0.0690 e. The fourth-order valence-electron chi connectivity index (χ4n) is 3.86. The number of nitrogens with two attached hydrogens (primary N) is 1. The average Bonchev–Trinajstić information content (AvgIpc) is 2.84. The summed E-state index contributed by atoms with van der Waals surface area (Å²) in [6.45, 7) is 7.16. The molecule has 0 amide bonds. The van der Waals surface area contributed by atoms with Crippen LogP contribution < -0.4 is 11.1 Å². The monoisotopic (exact) mass is 358 g/mol. The first kappa shape index (κ1) is 15.0. The largest absolute Gasteiger partial charge is 0.377 e. The SMILES string of the molecule is CC1(C)C2OCCCC2C1(N)CNCc1cc(Br)cs1. The average molecular weight is 359 g/mol. The number of hydrogen-bond acceptors (Lipinski definition) is 4. The molecule has 3 N–H and O–H groups in total. The number of halogens is 1. The Morgan fingerprint density at radius 3 is 3.05 bits per heavy atom.